The molecule has 11 nitrogen and oxygen atoms in total. The number of esters is 1. The number of rotatable bonds is 8. The fraction of sp³-hybridized carbons (Fsp3) is 0.304. The van der Waals surface area contributed by atoms with Crippen LogP contribution in [-0.4, -0.2) is 49.4 Å². The number of carbonyl (C=O) groups excluding carboxylic acids is 3. The Kier molecular flexibility index (Phi) is 7.01. The SMILES string of the molecule is CCOC(=O)CNC(=O)N[C@@H](Cc1ccc(C2CC(=O)NS2(=O)=O)cc1)c1nc2ccccc2[nH]1. The molecule has 1 aliphatic heterocycles. The quantitative estimate of drug-likeness (QED) is 0.343. The zero-order valence-electron chi connectivity index (χ0n) is 18.9. The van der Waals surface area contributed by atoms with E-state index in [2.05, 4.69) is 20.6 Å². The van der Waals surface area contributed by atoms with Gasteiger partial charge in [-0.3, -0.25) is 14.3 Å². The van der Waals surface area contributed by atoms with Crippen molar-refractivity contribution in [3.8, 4) is 0 Å². The number of imidazole rings is 1. The number of sulfonamides is 1. The first-order valence-corrected chi connectivity index (χ1v) is 12.6. The van der Waals surface area contributed by atoms with Crippen LogP contribution in [0.2, 0.25) is 0 Å². The summed E-state index contributed by atoms with van der Waals surface area (Å²) in [5.41, 5.74) is 2.85. The maximum atomic E-state index is 12.5. The maximum absolute atomic E-state index is 12.5. The number of nitrogens with one attached hydrogen (secondary N) is 4. The van der Waals surface area contributed by atoms with E-state index in [9.17, 15) is 22.8 Å². The smallest absolute Gasteiger partial charge is 0.325 e. The predicted molar refractivity (Wildman–Crippen MR) is 127 cm³/mol. The van der Waals surface area contributed by atoms with Crippen molar-refractivity contribution in [2.75, 3.05) is 13.2 Å². The molecule has 1 saturated heterocycles. The molecule has 184 valence electrons. The Morgan fingerprint density at radius 3 is 2.57 bits per heavy atom. The van der Waals surface area contributed by atoms with Gasteiger partial charge in [-0.15, -0.1) is 0 Å². The predicted octanol–water partition coefficient (Wildman–Crippen LogP) is 1.60. The number of carbonyl (C=O) groups is 3. The molecule has 2 atom stereocenters. The molecule has 2 heterocycles. The lowest BCUT2D eigenvalue weighted by atomic mass is 10.0. The topological polar surface area (TPSA) is 159 Å². The highest BCUT2D eigenvalue weighted by atomic mass is 32.2. The molecule has 0 aliphatic carbocycles. The summed E-state index contributed by atoms with van der Waals surface area (Å²) in [4.78, 5) is 43.4. The van der Waals surface area contributed by atoms with Gasteiger partial charge in [0.25, 0.3) is 0 Å². The molecule has 0 bridgehead atoms. The van der Waals surface area contributed by atoms with Crippen molar-refractivity contribution in [2.24, 2.45) is 0 Å². The van der Waals surface area contributed by atoms with Gasteiger partial charge in [0.05, 0.1) is 30.1 Å². The van der Waals surface area contributed by atoms with Crippen molar-refractivity contribution in [3.63, 3.8) is 0 Å². The number of urea groups is 1. The molecule has 0 radical (unpaired) electrons. The Bertz CT molecular complexity index is 1320. The van der Waals surface area contributed by atoms with Crippen LogP contribution in [0.4, 0.5) is 4.79 Å². The first kappa shape index (κ1) is 24.2. The number of aromatic amines is 1. The summed E-state index contributed by atoms with van der Waals surface area (Å²) in [7, 11) is -3.73. The number of hydrogen-bond acceptors (Lipinski definition) is 7. The Labute approximate surface area is 201 Å². The van der Waals surface area contributed by atoms with Crippen LogP contribution in [0.25, 0.3) is 11.0 Å². The van der Waals surface area contributed by atoms with Crippen LogP contribution >= 0.6 is 0 Å². The third kappa shape index (κ3) is 5.77. The van der Waals surface area contributed by atoms with E-state index in [1.54, 1.807) is 31.2 Å². The summed E-state index contributed by atoms with van der Waals surface area (Å²) in [6, 6.07) is 13.1. The molecule has 1 fully saturated rings. The number of nitrogens with zero attached hydrogens (tertiary/aromatic N) is 1. The molecule has 4 rings (SSSR count). The van der Waals surface area contributed by atoms with Crippen molar-refractivity contribution in [3.05, 3.63) is 65.5 Å². The van der Waals surface area contributed by atoms with Crippen molar-refractivity contribution in [2.45, 2.75) is 31.1 Å². The van der Waals surface area contributed by atoms with E-state index in [-0.39, 0.29) is 19.6 Å². The highest BCUT2D eigenvalue weighted by Crippen LogP contribution is 2.30. The van der Waals surface area contributed by atoms with E-state index in [1.807, 2.05) is 29.0 Å². The van der Waals surface area contributed by atoms with Crippen LogP contribution in [0.1, 0.15) is 41.6 Å². The minimum absolute atomic E-state index is 0.120. The third-order valence-electron chi connectivity index (χ3n) is 5.53. The molecule has 1 aromatic heterocycles. The lowest BCUT2D eigenvalue weighted by molar-refractivity contribution is -0.141. The maximum Gasteiger partial charge on any atom is 0.325 e. The number of fused-ring (bicyclic) bond motifs is 1. The second kappa shape index (κ2) is 10.1. The van der Waals surface area contributed by atoms with Gasteiger partial charge in [-0.25, -0.2) is 18.2 Å². The summed E-state index contributed by atoms with van der Waals surface area (Å²) in [5, 5.41) is 4.37. The molecule has 1 unspecified atom stereocenters. The van der Waals surface area contributed by atoms with Crippen LogP contribution in [0, 0.1) is 0 Å². The second-order valence-corrected chi connectivity index (χ2v) is 9.90. The highest BCUT2D eigenvalue weighted by Gasteiger charge is 2.37. The zero-order chi connectivity index (χ0) is 25.0. The Morgan fingerprint density at radius 1 is 1.17 bits per heavy atom. The molecular formula is C23H25N5O6S. The molecular weight excluding hydrogens is 474 g/mol. The summed E-state index contributed by atoms with van der Waals surface area (Å²) < 4.78 is 31.1. The van der Waals surface area contributed by atoms with Gasteiger partial charge in [0.15, 0.2) is 0 Å². The van der Waals surface area contributed by atoms with Gasteiger partial charge in [-0.05, 0) is 36.6 Å². The number of H-pyrrole nitrogens is 1. The van der Waals surface area contributed by atoms with E-state index in [4.69, 9.17) is 4.74 Å². The lowest BCUT2D eigenvalue weighted by Gasteiger charge is -2.18. The summed E-state index contributed by atoms with van der Waals surface area (Å²) in [6.07, 6.45) is 0.215. The monoisotopic (exact) mass is 499 g/mol. The normalized spacial score (nSPS) is 17.5. The number of ether oxygens (including phenoxy) is 1. The largest absolute Gasteiger partial charge is 0.465 e. The van der Waals surface area contributed by atoms with Gasteiger partial charge in [-0.1, -0.05) is 36.4 Å². The number of amides is 3. The Hall–Kier alpha value is -3.93. The van der Waals surface area contributed by atoms with Crippen LogP contribution in [0.15, 0.2) is 48.5 Å². The first-order chi connectivity index (χ1) is 16.7. The number of aromatic nitrogens is 2. The van der Waals surface area contributed by atoms with E-state index >= 15 is 0 Å². The van der Waals surface area contributed by atoms with Gasteiger partial charge in [-0.2, -0.15) is 0 Å². The molecule has 35 heavy (non-hydrogen) atoms. The van der Waals surface area contributed by atoms with Crippen molar-refractivity contribution < 1.29 is 27.5 Å². The molecule has 0 saturated carbocycles. The van der Waals surface area contributed by atoms with E-state index < -0.39 is 39.2 Å². The molecule has 2 aromatic carbocycles. The zero-order valence-corrected chi connectivity index (χ0v) is 19.7. The standard InChI is InChI=1S/C23H25N5O6S/c1-2-34-21(30)13-24-23(31)27-18(22-25-16-5-3-4-6-17(16)26-22)11-14-7-9-15(10-8-14)19-12-20(29)28-35(19,32)33/h3-10,18-19H,2,11-13H2,1H3,(H,25,26)(H,28,29)(H2,24,27,31)/t18-,19?/m0/s1. The van der Waals surface area contributed by atoms with Crippen molar-refractivity contribution >= 4 is 39.0 Å². The third-order valence-corrected chi connectivity index (χ3v) is 7.23. The Morgan fingerprint density at radius 2 is 1.91 bits per heavy atom. The molecule has 0 spiro atoms. The summed E-state index contributed by atoms with van der Waals surface area (Å²) >= 11 is 0. The van der Waals surface area contributed by atoms with Gasteiger partial charge in [0, 0.05) is 0 Å². The minimum Gasteiger partial charge on any atom is -0.465 e. The van der Waals surface area contributed by atoms with Gasteiger partial charge in [0.1, 0.15) is 17.6 Å². The van der Waals surface area contributed by atoms with Gasteiger partial charge in [0.2, 0.25) is 15.9 Å². The van der Waals surface area contributed by atoms with Gasteiger partial charge >= 0.3 is 12.0 Å². The van der Waals surface area contributed by atoms with Gasteiger partial charge < -0.3 is 20.4 Å². The molecule has 3 amide bonds. The number of benzene rings is 2. The van der Waals surface area contributed by atoms with Crippen LogP contribution in [0.5, 0.6) is 0 Å². The molecule has 4 N–H and O–H groups in total. The first-order valence-electron chi connectivity index (χ1n) is 11.0. The average molecular weight is 500 g/mol. The summed E-state index contributed by atoms with van der Waals surface area (Å²) in [6.45, 7) is 1.62. The summed E-state index contributed by atoms with van der Waals surface area (Å²) in [5.74, 6) is -0.551. The van der Waals surface area contributed by atoms with Crippen LogP contribution in [0.3, 0.4) is 0 Å². The fourth-order valence-electron chi connectivity index (χ4n) is 3.88. The second-order valence-electron chi connectivity index (χ2n) is 8.03. The molecule has 12 heteroatoms. The highest BCUT2D eigenvalue weighted by molar-refractivity contribution is 7.90. The van der Waals surface area contributed by atoms with E-state index in [1.165, 1.54) is 0 Å². The van der Waals surface area contributed by atoms with Crippen molar-refractivity contribution in [1.82, 2.24) is 25.3 Å². The number of hydrogen-bond donors (Lipinski definition) is 4. The van der Waals surface area contributed by atoms with E-state index in [0.717, 1.165) is 16.6 Å². The number of para-hydroxylation sites is 2. The van der Waals surface area contributed by atoms with Crippen molar-refractivity contribution in [1.29, 1.82) is 0 Å². The molecule has 3 aromatic rings. The minimum atomic E-state index is -3.73. The fourth-order valence-corrected chi connectivity index (χ4v) is 5.31. The van der Waals surface area contributed by atoms with Crippen LogP contribution in [-0.2, 0) is 30.8 Å². The lowest BCUT2D eigenvalue weighted by Crippen LogP contribution is -2.41. The van der Waals surface area contributed by atoms with Crippen LogP contribution < -0.4 is 15.4 Å². The average Bonchev–Trinajstić information content (AvgIpc) is 3.37. The molecule has 1 aliphatic rings. The van der Waals surface area contributed by atoms with E-state index in [0.29, 0.717) is 17.8 Å². The Balaban J connectivity index is 1.52.